The molecule has 0 spiro atoms. The van der Waals surface area contributed by atoms with Crippen LogP contribution in [0.25, 0.3) is 0 Å². The lowest BCUT2D eigenvalue weighted by molar-refractivity contribution is -0.118. The molecule has 24 heavy (non-hydrogen) atoms. The van der Waals surface area contributed by atoms with Crippen molar-refractivity contribution >= 4 is 24.5 Å². The first-order valence-electron chi connectivity index (χ1n) is 6.91. The van der Waals surface area contributed by atoms with Gasteiger partial charge in [-0.25, -0.2) is 0 Å². The number of anilines is 1. The van der Waals surface area contributed by atoms with E-state index in [4.69, 9.17) is 14.2 Å². The van der Waals surface area contributed by atoms with Crippen LogP contribution < -0.4 is 24.8 Å². The fourth-order valence-electron chi connectivity index (χ4n) is 2.13. The van der Waals surface area contributed by atoms with E-state index in [0.717, 1.165) is 0 Å². The molecule has 3 N–H and O–H groups in total. The summed E-state index contributed by atoms with van der Waals surface area (Å²) in [4.78, 5) is 30.5. The molecule has 0 radical (unpaired) electrons. The Morgan fingerprint density at radius 3 is 2.71 bits per heavy atom. The van der Waals surface area contributed by atoms with Crippen molar-refractivity contribution in [2.24, 2.45) is 0 Å². The van der Waals surface area contributed by atoms with Crippen molar-refractivity contribution in [2.45, 2.75) is 0 Å². The first-order chi connectivity index (χ1) is 11.4. The van der Waals surface area contributed by atoms with Crippen molar-refractivity contribution in [3.05, 3.63) is 42.5 Å². The van der Waals surface area contributed by atoms with Crippen LogP contribution >= 0.6 is 7.60 Å². The summed E-state index contributed by atoms with van der Waals surface area (Å²) >= 11 is 0. The second-order valence-corrected chi connectivity index (χ2v) is 6.49. The van der Waals surface area contributed by atoms with Gasteiger partial charge in [-0.2, -0.15) is 0 Å². The van der Waals surface area contributed by atoms with Crippen molar-refractivity contribution in [1.82, 2.24) is 0 Å². The van der Waals surface area contributed by atoms with E-state index < -0.39 is 20.1 Å². The van der Waals surface area contributed by atoms with Gasteiger partial charge < -0.3 is 29.3 Å². The fraction of sp³-hybridized carbons (Fsp3) is 0.133. The minimum Gasteiger partial charge on any atom is -0.483 e. The van der Waals surface area contributed by atoms with Crippen molar-refractivity contribution in [2.75, 3.05) is 18.7 Å². The first kappa shape index (κ1) is 16.3. The zero-order valence-electron chi connectivity index (χ0n) is 12.3. The zero-order valence-corrected chi connectivity index (χ0v) is 13.2. The van der Waals surface area contributed by atoms with Gasteiger partial charge in [0.1, 0.15) is 11.1 Å². The van der Waals surface area contributed by atoms with Crippen LogP contribution in [-0.4, -0.2) is 29.1 Å². The van der Waals surface area contributed by atoms with E-state index >= 15 is 0 Å². The molecular formula is C15H14NO7P. The van der Waals surface area contributed by atoms with Gasteiger partial charge in [0.25, 0.3) is 5.91 Å². The predicted octanol–water partition coefficient (Wildman–Crippen LogP) is 1.24. The maximum Gasteiger partial charge on any atom is 0.359 e. The molecule has 0 unspecified atom stereocenters. The molecule has 3 rings (SSSR count). The molecule has 0 bridgehead atoms. The van der Waals surface area contributed by atoms with Gasteiger partial charge in [-0.15, -0.1) is 0 Å². The quantitative estimate of drug-likeness (QED) is 0.694. The van der Waals surface area contributed by atoms with Gasteiger partial charge >= 0.3 is 7.60 Å². The third kappa shape index (κ3) is 3.68. The zero-order chi connectivity index (χ0) is 17.2. The highest BCUT2D eigenvalue weighted by Crippen LogP contribution is 2.37. The van der Waals surface area contributed by atoms with Crippen LogP contribution in [0.15, 0.2) is 42.5 Å². The van der Waals surface area contributed by atoms with E-state index in [-0.39, 0.29) is 17.8 Å². The summed E-state index contributed by atoms with van der Waals surface area (Å²) in [7, 11) is -4.48. The summed E-state index contributed by atoms with van der Waals surface area (Å²) in [5, 5.41) is 2.34. The fourth-order valence-corrected chi connectivity index (χ4v) is 2.84. The normalized spacial score (nSPS) is 12.8. The third-order valence-corrected chi connectivity index (χ3v) is 4.19. The van der Waals surface area contributed by atoms with E-state index in [1.807, 2.05) is 0 Å². The molecule has 2 aromatic carbocycles. The van der Waals surface area contributed by atoms with Crippen LogP contribution in [-0.2, 0) is 9.36 Å². The summed E-state index contributed by atoms with van der Waals surface area (Å²) in [5.41, 5.74) is 0.496. The monoisotopic (exact) mass is 351 g/mol. The Morgan fingerprint density at radius 2 is 1.92 bits per heavy atom. The topological polar surface area (TPSA) is 114 Å². The molecule has 0 aliphatic carbocycles. The number of fused-ring (bicyclic) bond motifs is 1. The molecule has 1 amide bonds. The average molecular weight is 351 g/mol. The molecular weight excluding hydrogens is 337 g/mol. The number of rotatable bonds is 5. The van der Waals surface area contributed by atoms with Crippen LogP contribution in [0, 0.1) is 0 Å². The van der Waals surface area contributed by atoms with E-state index in [9.17, 15) is 19.1 Å². The van der Waals surface area contributed by atoms with Gasteiger partial charge in [-0.1, -0.05) is 12.1 Å². The van der Waals surface area contributed by atoms with E-state index in [1.54, 1.807) is 24.3 Å². The highest BCUT2D eigenvalue weighted by atomic mass is 31.2. The second kappa shape index (κ2) is 6.52. The standard InChI is InChI=1S/C15H14NO7P/c17-15(16-10-5-6-11-13(7-10)23-9-22-11)8-21-12-3-1-2-4-14(12)24(18,19)20/h1-7H,8-9H2,(H,16,17)(H2,18,19,20). The highest BCUT2D eigenvalue weighted by molar-refractivity contribution is 7.60. The Labute approximate surface area is 137 Å². The number of carbonyl (C=O) groups excluding carboxylic acids is 1. The second-order valence-electron chi connectivity index (χ2n) is 4.92. The lowest BCUT2D eigenvalue weighted by Gasteiger charge is -2.12. The van der Waals surface area contributed by atoms with Gasteiger partial charge in [-0.3, -0.25) is 9.36 Å². The van der Waals surface area contributed by atoms with Crippen molar-refractivity contribution in [1.29, 1.82) is 0 Å². The van der Waals surface area contributed by atoms with Gasteiger partial charge in [0.2, 0.25) is 6.79 Å². The molecule has 1 aliphatic heterocycles. The maximum atomic E-state index is 11.9. The van der Waals surface area contributed by atoms with Crippen molar-refractivity contribution < 1.29 is 33.4 Å². The van der Waals surface area contributed by atoms with Crippen LogP contribution in [0.1, 0.15) is 0 Å². The largest absolute Gasteiger partial charge is 0.483 e. The van der Waals surface area contributed by atoms with E-state index in [2.05, 4.69) is 5.32 Å². The Morgan fingerprint density at radius 1 is 1.17 bits per heavy atom. The van der Waals surface area contributed by atoms with Gasteiger partial charge in [0.15, 0.2) is 18.1 Å². The molecule has 0 fully saturated rings. The summed E-state index contributed by atoms with van der Waals surface area (Å²) in [6, 6.07) is 10.6. The smallest absolute Gasteiger partial charge is 0.359 e. The summed E-state index contributed by atoms with van der Waals surface area (Å²) < 4.78 is 27.0. The summed E-state index contributed by atoms with van der Waals surface area (Å²) in [6.07, 6.45) is 0. The molecule has 126 valence electrons. The van der Waals surface area contributed by atoms with Crippen LogP contribution in [0.2, 0.25) is 0 Å². The minimum absolute atomic E-state index is 0.0355. The lowest BCUT2D eigenvalue weighted by Crippen LogP contribution is -2.22. The first-order valence-corrected chi connectivity index (χ1v) is 8.52. The number of ether oxygens (including phenoxy) is 3. The highest BCUT2D eigenvalue weighted by Gasteiger charge is 2.22. The molecule has 2 aromatic rings. The van der Waals surface area contributed by atoms with Crippen molar-refractivity contribution in [3.63, 3.8) is 0 Å². The Hall–Kier alpha value is -2.54. The van der Waals surface area contributed by atoms with Crippen molar-refractivity contribution in [3.8, 4) is 17.2 Å². The third-order valence-electron chi connectivity index (χ3n) is 3.19. The summed E-state index contributed by atoms with van der Waals surface area (Å²) in [5.74, 6) is 0.612. The SMILES string of the molecule is O=C(COc1ccccc1P(=O)(O)O)Nc1ccc2c(c1)OCO2. The Bertz CT molecular complexity index is 817. The molecule has 1 aliphatic rings. The molecule has 0 saturated carbocycles. The average Bonchev–Trinajstić information content (AvgIpc) is 3.00. The molecule has 0 aromatic heterocycles. The Kier molecular flexibility index (Phi) is 4.44. The molecule has 1 heterocycles. The molecule has 8 nitrogen and oxygen atoms in total. The van der Waals surface area contributed by atoms with Crippen LogP contribution in [0.3, 0.4) is 0 Å². The number of amides is 1. The lowest BCUT2D eigenvalue weighted by atomic mass is 10.3. The minimum atomic E-state index is -4.48. The maximum absolute atomic E-state index is 11.9. The number of para-hydroxylation sites is 1. The number of benzene rings is 2. The van der Waals surface area contributed by atoms with Gasteiger partial charge in [0.05, 0.1) is 0 Å². The molecule has 0 saturated heterocycles. The summed E-state index contributed by atoms with van der Waals surface area (Å²) in [6.45, 7) is -0.263. The molecule has 0 atom stereocenters. The van der Waals surface area contributed by atoms with Crippen LogP contribution in [0.4, 0.5) is 5.69 Å². The predicted molar refractivity (Wildman–Crippen MR) is 84.8 cm³/mol. The van der Waals surface area contributed by atoms with Crippen LogP contribution in [0.5, 0.6) is 17.2 Å². The number of nitrogens with one attached hydrogen (secondary N) is 1. The molecule has 9 heteroatoms. The number of hydrogen-bond acceptors (Lipinski definition) is 5. The van der Waals surface area contributed by atoms with Gasteiger partial charge in [-0.05, 0) is 24.3 Å². The van der Waals surface area contributed by atoms with E-state index in [1.165, 1.54) is 18.2 Å². The van der Waals surface area contributed by atoms with E-state index in [0.29, 0.717) is 17.2 Å². The Balaban J connectivity index is 1.63. The number of hydrogen-bond donors (Lipinski definition) is 3. The van der Waals surface area contributed by atoms with Gasteiger partial charge in [0, 0.05) is 11.8 Å². The number of carbonyl (C=O) groups is 1.